The number of epoxide rings is 1. The van der Waals surface area contributed by atoms with Gasteiger partial charge in [-0.1, -0.05) is 60.7 Å². The second-order valence-electron chi connectivity index (χ2n) is 14.0. The maximum atomic E-state index is 12.9. The number of para-hydroxylation sites is 1. The zero-order chi connectivity index (χ0) is 32.5. The third kappa shape index (κ3) is 7.00. The maximum absolute atomic E-state index is 12.9. The molecule has 9 nitrogen and oxygen atoms in total. The van der Waals surface area contributed by atoms with Gasteiger partial charge in [0.15, 0.2) is 5.60 Å². The number of esters is 1. The molecule has 3 saturated heterocycles. The Morgan fingerprint density at radius 3 is 2.11 bits per heavy atom. The van der Waals surface area contributed by atoms with E-state index in [2.05, 4.69) is 34.1 Å². The molecule has 0 bridgehead atoms. The van der Waals surface area contributed by atoms with Crippen LogP contribution in [0.2, 0.25) is 0 Å². The van der Waals surface area contributed by atoms with Gasteiger partial charge in [0.2, 0.25) is 0 Å². The molecule has 0 saturated carbocycles. The standard InChI is InChI=1S/C37H45N3O6/c1-35(2,3)46-33(41)36(4,5)45-30-18-16-27(17-19-30)24-39-26-40(29-14-10-7-11-15-29)37(31-32(39)44-31)20-22-38(23-21-37)34(42)43-25-28-12-8-6-9-13-28/h6-19,31-32H,20-26H2,1-5H3. The van der Waals surface area contributed by atoms with Gasteiger partial charge in [-0.05, 0) is 82.9 Å². The number of hydrogen-bond donors (Lipinski definition) is 0. The van der Waals surface area contributed by atoms with Crippen molar-refractivity contribution >= 4 is 17.7 Å². The lowest BCUT2D eigenvalue weighted by atomic mass is 9.80. The van der Waals surface area contributed by atoms with Crippen LogP contribution < -0.4 is 9.64 Å². The van der Waals surface area contributed by atoms with Crippen LogP contribution in [-0.4, -0.2) is 70.7 Å². The number of carbonyl (C=O) groups is 2. The second kappa shape index (κ2) is 12.6. The Kier molecular flexibility index (Phi) is 8.74. The molecule has 3 aliphatic heterocycles. The first-order valence-corrected chi connectivity index (χ1v) is 16.1. The summed E-state index contributed by atoms with van der Waals surface area (Å²) in [6.07, 6.45) is 1.39. The number of carbonyl (C=O) groups excluding carboxylic acids is 2. The lowest BCUT2D eigenvalue weighted by molar-refractivity contribution is -0.170. The molecule has 1 spiro atoms. The van der Waals surface area contributed by atoms with Crippen molar-refractivity contribution in [3.63, 3.8) is 0 Å². The molecule has 244 valence electrons. The molecule has 6 rings (SSSR count). The molecule has 46 heavy (non-hydrogen) atoms. The average molecular weight is 628 g/mol. The lowest BCUT2D eigenvalue weighted by Crippen LogP contribution is -2.66. The summed E-state index contributed by atoms with van der Waals surface area (Å²) in [6, 6.07) is 28.1. The summed E-state index contributed by atoms with van der Waals surface area (Å²) >= 11 is 0. The average Bonchev–Trinajstić information content (AvgIpc) is 3.85. The zero-order valence-electron chi connectivity index (χ0n) is 27.5. The fraction of sp³-hybridized carbons (Fsp3) is 0.459. The Morgan fingerprint density at radius 2 is 1.48 bits per heavy atom. The van der Waals surface area contributed by atoms with Gasteiger partial charge < -0.3 is 28.7 Å². The Morgan fingerprint density at radius 1 is 0.848 bits per heavy atom. The monoisotopic (exact) mass is 627 g/mol. The lowest BCUT2D eigenvalue weighted by Gasteiger charge is -2.52. The van der Waals surface area contributed by atoms with Crippen molar-refractivity contribution in [2.45, 2.75) is 89.7 Å². The number of amides is 1. The number of anilines is 1. The third-order valence-electron chi connectivity index (χ3n) is 8.95. The molecule has 0 aliphatic carbocycles. The summed E-state index contributed by atoms with van der Waals surface area (Å²) < 4.78 is 23.7. The number of benzene rings is 3. The molecule has 0 aromatic heterocycles. The molecule has 0 radical (unpaired) electrons. The number of rotatable bonds is 8. The summed E-state index contributed by atoms with van der Waals surface area (Å²) in [4.78, 5) is 32.3. The minimum Gasteiger partial charge on any atom is -0.476 e. The Hall–Kier alpha value is -4.08. The van der Waals surface area contributed by atoms with Crippen molar-refractivity contribution in [1.82, 2.24) is 9.80 Å². The van der Waals surface area contributed by atoms with Crippen LogP contribution in [0.25, 0.3) is 0 Å². The highest BCUT2D eigenvalue weighted by atomic mass is 16.6. The largest absolute Gasteiger partial charge is 0.476 e. The summed E-state index contributed by atoms with van der Waals surface area (Å²) in [7, 11) is 0. The fourth-order valence-electron chi connectivity index (χ4n) is 6.49. The molecule has 1 amide bonds. The normalized spacial score (nSPS) is 21.0. The van der Waals surface area contributed by atoms with Crippen LogP contribution in [0.1, 0.15) is 58.6 Å². The van der Waals surface area contributed by atoms with Crippen LogP contribution in [0.4, 0.5) is 10.5 Å². The SMILES string of the molecule is CC(C)(C)OC(=O)C(C)(C)Oc1ccc(CN2CN(c3ccccc3)C3(CCN(C(=O)OCc4ccccc4)CC3)C3OC32)cc1. The summed E-state index contributed by atoms with van der Waals surface area (Å²) in [5.74, 6) is 0.205. The summed E-state index contributed by atoms with van der Waals surface area (Å²) in [5, 5.41) is 0. The Balaban J connectivity index is 1.11. The van der Waals surface area contributed by atoms with Gasteiger partial charge >= 0.3 is 12.1 Å². The topological polar surface area (TPSA) is 84.1 Å². The first-order chi connectivity index (χ1) is 21.9. The van der Waals surface area contributed by atoms with E-state index in [1.165, 1.54) is 0 Å². The molecule has 3 aromatic rings. The van der Waals surface area contributed by atoms with E-state index < -0.39 is 17.2 Å². The first kappa shape index (κ1) is 31.9. The first-order valence-electron chi connectivity index (χ1n) is 16.1. The van der Waals surface area contributed by atoms with Gasteiger partial charge in [0, 0.05) is 25.3 Å². The van der Waals surface area contributed by atoms with Crippen LogP contribution >= 0.6 is 0 Å². The van der Waals surface area contributed by atoms with E-state index in [0.29, 0.717) is 32.1 Å². The number of fused-ring (bicyclic) bond motifs is 2. The van der Waals surface area contributed by atoms with Crippen LogP contribution in [0.15, 0.2) is 84.9 Å². The van der Waals surface area contributed by atoms with E-state index in [-0.39, 0.29) is 30.6 Å². The Labute approximate surface area is 272 Å². The molecule has 3 fully saturated rings. The quantitative estimate of drug-likeness (QED) is 0.211. The van der Waals surface area contributed by atoms with Gasteiger partial charge in [0.05, 0.1) is 12.2 Å². The predicted molar refractivity (Wildman–Crippen MR) is 175 cm³/mol. The molecular formula is C37H45N3O6. The molecule has 2 unspecified atom stereocenters. The number of likely N-dealkylation sites (tertiary alicyclic amines) is 1. The number of nitrogens with zero attached hydrogens (tertiary/aromatic N) is 3. The van der Waals surface area contributed by atoms with Crippen molar-refractivity contribution in [2.75, 3.05) is 24.7 Å². The molecule has 3 aromatic carbocycles. The highest BCUT2D eigenvalue weighted by Gasteiger charge is 2.64. The number of ether oxygens (including phenoxy) is 4. The van der Waals surface area contributed by atoms with E-state index in [0.717, 1.165) is 29.7 Å². The highest BCUT2D eigenvalue weighted by Crippen LogP contribution is 2.50. The van der Waals surface area contributed by atoms with Crippen LogP contribution in [0.3, 0.4) is 0 Å². The number of piperidine rings is 1. The van der Waals surface area contributed by atoms with Crippen LogP contribution in [-0.2, 0) is 32.2 Å². The number of hydrogen-bond acceptors (Lipinski definition) is 8. The predicted octanol–water partition coefficient (Wildman–Crippen LogP) is 6.36. The fourth-order valence-corrected chi connectivity index (χ4v) is 6.49. The molecule has 9 heteroatoms. The molecular weight excluding hydrogens is 582 g/mol. The minimum absolute atomic E-state index is 0.0126. The van der Waals surface area contributed by atoms with E-state index in [1.54, 1.807) is 13.8 Å². The third-order valence-corrected chi connectivity index (χ3v) is 8.95. The summed E-state index contributed by atoms with van der Waals surface area (Å²) in [6.45, 7) is 11.9. The van der Waals surface area contributed by atoms with E-state index in [1.807, 2.05) is 86.3 Å². The maximum Gasteiger partial charge on any atom is 0.410 e. The van der Waals surface area contributed by atoms with Crippen molar-refractivity contribution in [3.8, 4) is 5.75 Å². The smallest absolute Gasteiger partial charge is 0.410 e. The summed E-state index contributed by atoms with van der Waals surface area (Å²) in [5.41, 5.74) is 1.34. The molecule has 2 atom stereocenters. The molecule has 3 aliphatic rings. The van der Waals surface area contributed by atoms with Gasteiger partial charge in [-0.25, -0.2) is 9.59 Å². The van der Waals surface area contributed by atoms with E-state index in [4.69, 9.17) is 18.9 Å². The van der Waals surface area contributed by atoms with Gasteiger partial charge in [-0.2, -0.15) is 0 Å². The molecule has 3 heterocycles. The van der Waals surface area contributed by atoms with E-state index in [9.17, 15) is 9.59 Å². The minimum atomic E-state index is -1.12. The zero-order valence-corrected chi connectivity index (χ0v) is 27.5. The van der Waals surface area contributed by atoms with Crippen LogP contribution in [0.5, 0.6) is 5.75 Å². The van der Waals surface area contributed by atoms with Crippen molar-refractivity contribution in [3.05, 3.63) is 96.1 Å². The van der Waals surface area contributed by atoms with Gasteiger partial charge in [0.25, 0.3) is 0 Å². The van der Waals surface area contributed by atoms with Gasteiger partial charge in [0.1, 0.15) is 30.3 Å². The molecule has 0 N–H and O–H groups in total. The highest BCUT2D eigenvalue weighted by molar-refractivity contribution is 5.79. The van der Waals surface area contributed by atoms with Crippen LogP contribution in [0, 0.1) is 0 Å². The Bertz CT molecular complexity index is 1500. The van der Waals surface area contributed by atoms with Crippen molar-refractivity contribution in [1.29, 1.82) is 0 Å². The van der Waals surface area contributed by atoms with Gasteiger partial charge in [-0.15, -0.1) is 0 Å². The van der Waals surface area contributed by atoms with Crippen molar-refractivity contribution < 1.29 is 28.5 Å². The van der Waals surface area contributed by atoms with Gasteiger partial charge in [-0.3, -0.25) is 4.90 Å². The van der Waals surface area contributed by atoms with E-state index >= 15 is 0 Å². The van der Waals surface area contributed by atoms with Crippen molar-refractivity contribution in [2.24, 2.45) is 0 Å². The second-order valence-corrected chi connectivity index (χ2v) is 14.0.